The Morgan fingerprint density at radius 3 is 2.62 bits per heavy atom. The van der Waals surface area contributed by atoms with Gasteiger partial charge in [-0.3, -0.25) is 9.59 Å². The first-order chi connectivity index (χ1) is 10.0. The zero-order valence-electron chi connectivity index (χ0n) is 12.2. The number of amides is 1. The van der Waals surface area contributed by atoms with E-state index in [1.807, 2.05) is 24.0 Å². The Labute approximate surface area is 123 Å². The average Bonchev–Trinajstić information content (AvgIpc) is 3.06. The van der Waals surface area contributed by atoms with Crippen molar-refractivity contribution in [2.75, 3.05) is 0 Å². The van der Waals surface area contributed by atoms with E-state index in [0.29, 0.717) is 12.8 Å². The molecule has 0 bridgehead atoms. The highest BCUT2D eigenvalue weighted by Gasteiger charge is 2.48. The molecule has 0 radical (unpaired) electrons. The van der Waals surface area contributed by atoms with Crippen molar-refractivity contribution in [2.24, 2.45) is 5.41 Å². The molecule has 1 N–H and O–H groups in total. The lowest BCUT2D eigenvalue weighted by Crippen LogP contribution is -2.45. The van der Waals surface area contributed by atoms with Crippen LogP contribution in [0.1, 0.15) is 57.3 Å². The molecule has 5 nitrogen and oxygen atoms in total. The average molecular weight is 291 g/mol. The van der Waals surface area contributed by atoms with E-state index in [-0.39, 0.29) is 24.4 Å². The minimum atomic E-state index is -0.830. The van der Waals surface area contributed by atoms with Gasteiger partial charge in [0.05, 0.1) is 17.7 Å². The number of rotatable bonds is 6. The summed E-state index contributed by atoms with van der Waals surface area (Å²) < 4.78 is 5.41. The van der Waals surface area contributed by atoms with Crippen molar-refractivity contribution in [1.82, 2.24) is 4.90 Å². The molecule has 0 spiro atoms. The topological polar surface area (TPSA) is 70.8 Å². The van der Waals surface area contributed by atoms with Crippen molar-refractivity contribution in [3.63, 3.8) is 0 Å². The number of carbonyl (C=O) groups is 2. The van der Waals surface area contributed by atoms with Gasteiger partial charge >= 0.3 is 5.97 Å². The molecule has 0 aliphatic heterocycles. The van der Waals surface area contributed by atoms with Gasteiger partial charge in [0.25, 0.3) is 0 Å². The smallest absolute Gasteiger partial charge is 0.310 e. The maximum atomic E-state index is 12.7. The van der Waals surface area contributed by atoms with Crippen molar-refractivity contribution >= 4 is 11.9 Å². The van der Waals surface area contributed by atoms with Crippen LogP contribution in [-0.2, 0) is 9.59 Å². The first-order valence-electron chi connectivity index (χ1n) is 7.61. The second-order valence-corrected chi connectivity index (χ2v) is 6.34. The predicted molar refractivity (Wildman–Crippen MR) is 75.5 cm³/mol. The summed E-state index contributed by atoms with van der Waals surface area (Å²) in [4.78, 5) is 26.0. The van der Waals surface area contributed by atoms with E-state index in [4.69, 9.17) is 4.42 Å². The van der Waals surface area contributed by atoms with E-state index in [2.05, 4.69) is 0 Å². The third-order valence-electron chi connectivity index (χ3n) is 4.85. The van der Waals surface area contributed by atoms with Crippen LogP contribution >= 0.6 is 0 Å². The van der Waals surface area contributed by atoms with E-state index in [0.717, 1.165) is 25.0 Å². The van der Waals surface area contributed by atoms with E-state index in [9.17, 15) is 14.7 Å². The summed E-state index contributed by atoms with van der Waals surface area (Å²) in [6.45, 7) is 1.95. The third kappa shape index (κ3) is 2.57. The Kier molecular flexibility index (Phi) is 3.51. The molecule has 2 saturated carbocycles. The maximum Gasteiger partial charge on any atom is 0.310 e. The monoisotopic (exact) mass is 291 g/mol. The van der Waals surface area contributed by atoms with Gasteiger partial charge < -0.3 is 14.4 Å². The zero-order valence-corrected chi connectivity index (χ0v) is 12.2. The van der Waals surface area contributed by atoms with Crippen molar-refractivity contribution in [3.05, 3.63) is 24.2 Å². The molecule has 0 saturated heterocycles. The van der Waals surface area contributed by atoms with Crippen LogP contribution in [0.5, 0.6) is 0 Å². The molecule has 3 rings (SSSR count). The van der Waals surface area contributed by atoms with Crippen molar-refractivity contribution in [2.45, 2.75) is 57.5 Å². The van der Waals surface area contributed by atoms with Gasteiger partial charge in [-0.05, 0) is 44.7 Å². The molecular weight excluding hydrogens is 270 g/mol. The summed E-state index contributed by atoms with van der Waals surface area (Å²) in [7, 11) is 0. The van der Waals surface area contributed by atoms with Gasteiger partial charge in [-0.25, -0.2) is 0 Å². The Morgan fingerprint density at radius 1 is 1.48 bits per heavy atom. The van der Waals surface area contributed by atoms with E-state index < -0.39 is 11.4 Å². The largest absolute Gasteiger partial charge is 0.481 e. The highest BCUT2D eigenvalue weighted by Crippen LogP contribution is 2.46. The highest BCUT2D eigenvalue weighted by atomic mass is 16.4. The SMILES string of the molecule is CC(c1ccco1)N(C(=O)CC1(C(=O)O)CCC1)C1CC1. The van der Waals surface area contributed by atoms with Crippen LogP contribution in [0.15, 0.2) is 22.8 Å². The Hall–Kier alpha value is -1.78. The second kappa shape index (κ2) is 5.20. The Balaban J connectivity index is 1.75. The van der Waals surface area contributed by atoms with E-state index >= 15 is 0 Å². The molecular formula is C16H21NO4. The first-order valence-corrected chi connectivity index (χ1v) is 7.61. The summed E-state index contributed by atoms with van der Waals surface area (Å²) in [5.41, 5.74) is -0.826. The summed E-state index contributed by atoms with van der Waals surface area (Å²) in [5.74, 6) is -0.125. The molecule has 2 aliphatic rings. The summed E-state index contributed by atoms with van der Waals surface area (Å²) in [5, 5.41) is 9.40. The van der Waals surface area contributed by atoms with Crippen LogP contribution in [0.4, 0.5) is 0 Å². The fourth-order valence-electron chi connectivity index (χ4n) is 3.21. The minimum absolute atomic E-state index is 0.0523. The van der Waals surface area contributed by atoms with Gasteiger partial charge in [0.15, 0.2) is 0 Å². The molecule has 2 aliphatic carbocycles. The molecule has 1 aromatic rings. The van der Waals surface area contributed by atoms with Gasteiger partial charge in [-0.2, -0.15) is 0 Å². The molecule has 1 amide bonds. The lowest BCUT2D eigenvalue weighted by Gasteiger charge is -2.39. The van der Waals surface area contributed by atoms with Gasteiger partial charge in [0, 0.05) is 12.5 Å². The summed E-state index contributed by atoms with van der Waals surface area (Å²) in [6, 6.07) is 3.78. The molecule has 1 atom stereocenters. The third-order valence-corrected chi connectivity index (χ3v) is 4.85. The fourth-order valence-corrected chi connectivity index (χ4v) is 3.21. The van der Waals surface area contributed by atoms with Crippen LogP contribution < -0.4 is 0 Å². The number of furan rings is 1. The molecule has 1 aromatic heterocycles. The number of hydrogen-bond donors (Lipinski definition) is 1. The van der Waals surface area contributed by atoms with Crippen LogP contribution in [0, 0.1) is 5.41 Å². The quantitative estimate of drug-likeness (QED) is 0.874. The molecule has 21 heavy (non-hydrogen) atoms. The van der Waals surface area contributed by atoms with Crippen molar-refractivity contribution in [3.8, 4) is 0 Å². The normalized spacial score (nSPS) is 21.4. The van der Waals surface area contributed by atoms with Gasteiger partial charge in [0.1, 0.15) is 5.76 Å². The predicted octanol–water partition coefficient (Wildman–Crippen LogP) is 2.98. The van der Waals surface area contributed by atoms with Crippen molar-refractivity contribution in [1.29, 1.82) is 0 Å². The molecule has 0 aromatic carbocycles. The number of carboxylic acids is 1. The standard InChI is InChI=1S/C16H21NO4/c1-11(13-4-2-9-21-13)17(12-5-6-12)14(18)10-16(15(19)20)7-3-8-16/h2,4,9,11-12H,3,5-8,10H2,1H3,(H,19,20). The molecule has 2 fully saturated rings. The van der Waals surface area contributed by atoms with Gasteiger partial charge in [-0.15, -0.1) is 0 Å². The van der Waals surface area contributed by atoms with Crippen LogP contribution in [0.3, 0.4) is 0 Å². The lowest BCUT2D eigenvalue weighted by molar-refractivity contribution is -0.160. The minimum Gasteiger partial charge on any atom is -0.481 e. The van der Waals surface area contributed by atoms with E-state index in [1.165, 1.54) is 0 Å². The summed E-state index contributed by atoms with van der Waals surface area (Å²) >= 11 is 0. The van der Waals surface area contributed by atoms with Crippen LogP contribution in [0.25, 0.3) is 0 Å². The number of aliphatic carboxylic acids is 1. The highest BCUT2D eigenvalue weighted by molar-refractivity contribution is 5.86. The van der Waals surface area contributed by atoms with Crippen LogP contribution in [-0.4, -0.2) is 27.9 Å². The van der Waals surface area contributed by atoms with E-state index in [1.54, 1.807) is 6.26 Å². The zero-order chi connectivity index (χ0) is 15.0. The van der Waals surface area contributed by atoms with Gasteiger partial charge in [-0.1, -0.05) is 6.42 Å². The second-order valence-electron chi connectivity index (χ2n) is 6.34. The van der Waals surface area contributed by atoms with Crippen molar-refractivity contribution < 1.29 is 19.1 Å². The lowest BCUT2D eigenvalue weighted by atomic mass is 9.66. The number of carboxylic acid groups (broad SMARTS) is 1. The number of hydrogen-bond acceptors (Lipinski definition) is 3. The molecule has 114 valence electrons. The van der Waals surface area contributed by atoms with Gasteiger partial charge in [0.2, 0.25) is 5.91 Å². The number of nitrogens with zero attached hydrogens (tertiary/aromatic N) is 1. The Bertz CT molecular complexity index is 528. The fraction of sp³-hybridized carbons (Fsp3) is 0.625. The molecule has 1 heterocycles. The number of carbonyl (C=O) groups excluding carboxylic acids is 1. The maximum absolute atomic E-state index is 12.7. The molecule has 5 heteroatoms. The first kappa shape index (κ1) is 14.2. The Morgan fingerprint density at radius 2 is 2.19 bits per heavy atom. The summed E-state index contributed by atoms with van der Waals surface area (Å²) in [6.07, 6.45) is 5.84. The van der Waals surface area contributed by atoms with Crippen LogP contribution in [0.2, 0.25) is 0 Å². The molecule has 1 unspecified atom stereocenters.